The summed E-state index contributed by atoms with van der Waals surface area (Å²) in [5, 5.41) is -0.209. The van der Waals surface area contributed by atoms with Crippen LogP contribution in [-0.4, -0.2) is 19.3 Å². The fourth-order valence-corrected chi connectivity index (χ4v) is 1.67. The predicted octanol–water partition coefficient (Wildman–Crippen LogP) is -2.45. The number of hydroxylamine groups is 1. The smallest absolute Gasteiger partial charge is 1.00 e. The summed E-state index contributed by atoms with van der Waals surface area (Å²) in [6.07, 6.45) is 3.81. The van der Waals surface area contributed by atoms with Gasteiger partial charge in [-0.1, -0.05) is 6.08 Å². The molecule has 0 aromatic heterocycles. The zero-order valence-electron chi connectivity index (χ0n) is 9.73. The first-order chi connectivity index (χ1) is 6.48. The van der Waals surface area contributed by atoms with Crippen LogP contribution in [0, 0.1) is 0 Å². The molecule has 0 radical (unpaired) electrons. The molecule has 15 heavy (non-hydrogen) atoms. The van der Waals surface area contributed by atoms with Crippen molar-refractivity contribution in [2.45, 2.75) is 19.3 Å². The largest absolute Gasteiger partial charge is 1.00 e. The van der Waals surface area contributed by atoms with Crippen molar-refractivity contribution < 1.29 is 43.7 Å². The van der Waals surface area contributed by atoms with Crippen LogP contribution in [0.25, 0.3) is 0 Å². The van der Waals surface area contributed by atoms with Gasteiger partial charge in [0.2, 0.25) is 0 Å². The fourth-order valence-electron chi connectivity index (χ4n) is 0.714. The van der Waals surface area contributed by atoms with Crippen molar-refractivity contribution in [1.82, 2.24) is 5.48 Å². The molecule has 8 heteroatoms. The van der Waals surface area contributed by atoms with E-state index in [2.05, 4.69) is 23.1 Å². The van der Waals surface area contributed by atoms with Crippen molar-refractivity contribution in [3.05, 3.63) is 12.7 Å². The van der Waals surface area contributed by atoms with Gasteiger partial charge in [-0.15, -0.1) is 10.9 Å². The van der Waals surface area contributed by atoms with Crippen LogP contribution in [0.4, 0.5) is 0 Å². The molecule has 0 rings (SSSR count). The molecule has 0 saturated heterocycles. The number of hydrogen-bond acceptors (Lipinski definition) is 4. The Morgan fingerprint density at radius 2 is 2.20 bits per heavy atom. The molecule has 0 saturated carbocycles. The van der Waals surface area contributed by atoms with Crippen LogP contribution in [0.1, 0.15) is 20.7 Å². The van der Waals surface area contributed by atoms with Gasteiger partial charge < -0.3 is 7.16 Å². The molecule has 0 heterocycles. The molecular formula is C7H15N2NaO3S2. The van der Waals surface area contributed by atoms with E-state index < -0.39 is 10.1 Å². The summed E-state index contributed by atoms with van der Waals surface area (Å²) in [5.74, 6) is -0.0591. The first-order valence-corrected chi connectivity index (χ1v) is 6.04. The third kappa shape index (κ3) is 12.3. The van der Waals surface area contributed by atoms with Gasteiger partial charge in [-0.3, -0.25) is 0 Å². The zero-order valence-corrected chi connectivity index (χ0v) is 12.4. The normalized spacial score (nSPS) is 10.1. The monoisotopic (exact) mass is 262 g/mol. The summed E-state index contributed by atoms with van der Waals surface area (Å²) < 4.78 is 26.4. The fraction of sp³-hybridized carbons (Fsp3) is 0.571. The maximum absolute atomic E-state index is 11.1. The van der Waals surface area contributed by atoms with Gasteiger partial charge in [0.25, 0.3) is 10.1 Å². The van der Waals surface area contributed by atoms with E-state index >= 15 is 0 Å². The Kier molecular flexibility index (Phi) is 11.3. The Bertz CT molecular complexity index is 298. The van der Waals surface area contributed by atoms with Crippen LogP contribution in [0.2, 0.25) is 0 Å². The van der Waals surface area contributed by atoms with Gasteiger partial charge in [0.1, 0.15) is 0 Å². The van der Waals surface area contributed by atoms with E-state index in [0.717, 1.165) is 12.8 Å². The third-order valence-electron chi connectivity index (χ3n) is 1.32. The summed E-state index contributed by atoms with van der Waals surface area (Å²) in [7, 11) is -3.57. The van der Waals surface area contributed by atoms with Gasteiger partial charge in [-0.05, 0) is 31.5 Å². The van der Waals surface area contributed by atoms with Gasteiger partial charge in [0, 0.05) is 0 Å². The number of unbranched alkanes of at least 4 members (excludes halogenated alkanes) is 2. The second-order valence-corrected chi connectivity index (χ2v) is 4.73. The van der Waals surface area contributed by atoms with Gasteiger partial charge in [0.05, 0.1) is 5.75 Å². The minimum absolute atomic E-state index is 0. The average molecular weight is 262 g/mol. The van der Waals surface area contributed by atoms with Crippen molar-refractivity contribution in [3.8, 4) is 0 Å². The Balaban J connectivity index is -0.000000845. The van der Waals surface area contributed by atoms with Crippen molar-refractivity contribution in [2.24, 2.45) is 5.73 Å². The number of allylic oxidation sites excluding steroid dienone is 1. The molecule has 0 aliphatic heterocycles. The van der Waals surface area contributed by atoms with Crippen molar-refractivity contribution in [1.29, 1.82) is 0 Å². The average Bonchev–Trinajstić information content (AvgIpc) is 2.10. The van der Waals surface area contributed by atoms with Crippen LogP contribution in [0.15, 0.2) is 12.7 Å². The maximum atomic E-state index is 11.1. The van der Waals surface area contributed by atoms with E-state index in [-0.39, 0.29) is 41.8 Å². The Hall–Kier alpha value is 0.340. The molecule has 5 nitrogen and oxygen atoms in total. The molecule has 0 bridgehead atoms. The first kappa shape index (κ1) is 17.7. The third-order valence-corrected chi connectivity index (χ3v) is 2.53. The van der Waals surface area contributed by atoms with Crippen LogP contribution in [0.3, 0.4) is 0 Å². The standard InChI is InChI=1S/C7H14N2O3S2.Na.H/c1-2-3-4-5-6-14(10,11)12-9-7(8)13;;/h2H,1,3-6H2,(H3,8,9,13);;/q;+1;-1. The van der Waals surface area contributed by atoms with E-state index in [1.807, 2.05) is 5.48 Å². The van der Waals surface area contributed by atoms with E-state index in [9.17, 15) is 8.42 Å². The van der Waals surface area contributed by atoms with Gasteiger partial charge in [-0.25, -0.2) is 5.48 Å². The SMILES string of the molecule is C=CCCCCS(=O)(=O)ONC(N)=S.[H-].[Na+]. The molecule has 0 unspecified atom stereocenters. The van der Waals surface area contributed by atoms with E-state index in [4.69, 9.17) is 5.73 Å². The molecule has 0 amide bonds. The van der Waals surface area contributed by atoms with Crippen molar-refractivity contribution >= 4 is 27.4 Å². The quantitative estimate of drug-likeness (QED) is 0.174. The van der Waals surface area contributed by atoms with Crippen molar-refractivity contribution in [3.63, 3.8) is 0 Å². The van der Waals surface area contributed by atoms with Crippen LogP contribution < -0.4 is 40.8 Å². The Morgan fingerprint density at radius 1 is 1.60 bits per heavy atom. The summed E-state index contributed by atoms with van der Waals surface area (Å²) in [6, 6.07) is 0. The minimum atomic E-state index is -3.57. The molecular weight excluding hydrogens is 247 g/mol. The number of nitrogens with one attached hydrogen (secondary N) is 1. The van der Waals surface area contributed by atoms with E-state index in [0.29, 0.717) is 6.42 Å². The zero-order chi connectivity index (χ0) is 11.0. The van der Waals surface area contributed by atoms with Crippen LogP contribution in [0.5, 0.6) is 0 Å². The molecule has 0 aromatic rings. The predicted molar refractivity (Wildman–Crippen MR) is 60.0 cm³/mol. The molecule has 0 spiro atoms. The van der Waals surface area contributed by atoms with Crippen LogP contribution in [-0.2, 0) is 14.4 Å². The van der Waals surface area contributed by atoms with E-state index in [1.165, 1.54) is 0 Å². The number of rotatable bonds is 7. The topological polar surface area (TPSA) is 81.4 Å². The van der Waals surface area contributed by atoms with Gasteiger partial charge >= 0.3 is 29.6 Å². The molecule has 0 atom stereocenters. The second kappa shape index (κ2) is 9.56. The second-order valence-electron chi connectivity index (χ2n) is 2.60. The molecule has 0 fully saturated rings. The van der Waals surface area contributed by atoms with Crippen LogP contribution >= 0.6 is 12.2 Å². The molecule has 0 aliphatic carbocycles. The number of thiocarbonyl (C=S) groups is 1. The van der Waals surface area contributed by atoms with E-state index in [1.54, 1.807) is 6.08 Å². The number of nitrogens with two attached hydrogens (primary N) is 1. The molecule has 84 valence electrons. The Labute approximate surface area is 119 Å². The molecule has 3 N–H and O–H groups in total. The minimum Gasteiger partial charge on any atom is -1.00 e. The maximum Gasteiger partial charge on any atom is 1.00 e. The molecule has 0 aromatic carbocycles. The summed E-state index contributed by atoms with van der Waals surface area (Å²) in [5.41, 5.74) is 6.92. The number of hydrogen-bond donors (Lipinski definition) is 2. The summed E-state index contributed by atoms with van der Waals surface area (Å²) >= 11 is 4.38. The summed E-state index contributed by atoms with van der Waals surface area (Å²) in [4.78, 5) is 0. The Morgan fingerprint density at radius 3 is 2.67 bits per heavy atom. The van der Waals surface area contributed by atoms with Gasteiger partial charge in [-0.2, -0.15) is 8.42 Å². The van der Waals surface area contributed by atoms with Crippen molar-refractivity contribution in [2.75, 3.05) is 5.75 Å². The van der Waals surface area contributed by atoms with Gasteiger partial charge in [0.15, 0.2) is 5.11 Å². The first-order valence-electron chi connectivity index (χ1n) is 4.05. The summed E-state index contributed by atoms with van der Waals surface area (Å²) in [6.45, 7) is 3.53. The molecule has 0 aliphatic rings.